The molecule has 0 N–H and O–H groups in total. The quantitative estimate of drug-likeness (QED) is 0.637. The molecule has 0 bridgehead atoms. The fraction of sp³-hybridized carbons (Fsp3) is 0.286. The number of nitrogens with zero attached hydrogens (tertiary/aromatic N) is 3. The molecule has 0 aliphatic rings. The Kier molecular flexibility index (Phi) is 4.99. The van der Waals surface area contributed by atoms with Crippen molar-refractivity contribution in [3.8, 4) is 0 Å². The minimum Gasteiger partial charge on any atom is -0.205 e. The number of pyridine rings is 3. The van der Waals surface area contributed by atoms with Gasteiger partial charge < -0.3 is 0 Å². The van der Waals surface area contributed by atoms with Crippen LogP contribution in [0, 0.1) is 13.8 Å². The van der Waals surface area contributed by atoms with Gasteiger partial charge in [0.15, 0.2) is 49.8 Å². The minimum atomic E-state index is 0.909. The first-order valence-electron chi connectivity index (χ1n) is 8.49. The fourth-order valence-corrected chi connectivity index (χ4v) is 2.87. The molecule has 0 aromatic carbocycles. The van der Waals surface area contributed by atoms with Crippen LogP contribution in [0.25, 0.3) is 0 Å². The highest BCUT2D eigenvalue weighted by Gasteiger charge is 2.13. The van der Waals surface area contributed by atoms with E-state index in [1.807, 2.05) is 0 Å². The summed E-state index contributed by atoms with van der Waals surface area (Å²) >= 11 is 0. The molecule has 3 aromatic heterocycles. The molecule has 3 aromatic rings. The maximum atomic E-state index is 2.28. The van der Waals surface area contributed by atoms with Crippen LogP contribution in [0.2, 0.25) is 0 Å². The summed E-state index contributed by atoms with van der Waals surface area (Å²) < 4.78 is 6.69. The molecule has 0 spiro atoms. The van der Waals surface area contributed by atoms with Gasteiger partial charge in [-0.15, -0.1) is 0 Å². The van der Waals surface area contributed by atoms with Crippen molar-refractivity contribution in [2.75, 3.05) is 0 Å². The minimum absolute atomic E-state index is 0.909. The molecule has 3 nitrogen and oxygen atoms in total. The number of hydrogen-bond donors (Lipinski definition) is 0. The van der Waals surface area contributed by atoms with Crippen molar-refractivity contribution in [2.45, 2.75) is 33.4 Å². The first-order chi connectivity index (χ1) is 11.6. The highest BCUT2D eigenvalue weighted by molar-refractivity contribution is 5.13. The van der Waals surface area contributed by atoms with E-state index < -0.39 is 0 Å². The number of aromatic nitrogens is 3. The third kappa shape index (κ3) is 4.05. The van der Waals surface area contributed by atoms with E-state index in [4.69, 9.17) is 0 Å². The molecule has 3 heterocycles. The summed E-state index contributed by atoms with van der Waals surface area (Å²) in [5, 5.41) is 0. The largest absolute Gasteiger partial charge is 0.205 e. The lowest BCUT2D eigenvalue weighted by Gasteiger charge is -2.02. The maximum absolute atomic E-state index is 2.28. The van der Waals surface area contributed by atoms with E-state index in [2.05, 4.69) is 102 Å². The van der Waals surface area contributed by atoms with Crippen LogP contribution in [0.5, 0.6) is 0 Å². The summed E-state index contributed by atoms with van der Waals surface area (Å²) in [7, 11) is 2.10. The molecule has 0 atom stereocenters. The average Bonchev–Trinajstić information content (AvgIpc) is 2.59. The summed E-state index contributed by atoms with van der Waals surface area (Å²) in [5.74, 6) is 0. The van der Waals surface area contributed by atoms with Crippen LogP contribution in [0.4, 0.5) is 0 Å². The first kappa shape index (κ1) is 16.3. The van der Waals surface area contributed by atoms with Gasteiger partial charge in [0.2, 0.25) is 0 Å². The lowest BCUT2D eigenvalue weighted by atomic mass is 10.1. The Labute approximate surface area is 144 Å². The van der Waals surface area contributed by atoms with E-state index in [0.717, 1.165) is 19.5 Å². The third-order valence-electron chi connectivity index (χ3n) is 4.59. The van der Waals surface area contributed by atoms with Crippen LogP contribution >= 0.6 is 0 Å². The van der Waals surface area contributed by atoms with Crippen molar-refractivity contribution in [2.24, 2.45) is 7.05 Å². The third-order valence-corrected chi connectivity index (χ3v) is 4.59. The lowest BCUT2D eigenvalue weighted by Crippen LogP contribution is -2.39. The van der Waals surface area contributed by atoms with Gasteiger partial charge in [0.05, 0.1) is 5.56 Å². The molecule has 3 rings (SSSR count). The summed E-state index contributed by atoms with van der Waals surface area (Å²) in [6.07, 6.45) is 11.9. The van der Waals surface area contributed by atoms with Gasteiger partial charge in [-0.05, 0) is 24.6 Å². The zero-order valence-electron chi connectivity index (χ0n) is 14.8. The van der Waals surface area contributed by atoms with E-state index in [1.54, 1.807) is 0 Å². The van der Waals surface area contributed by atoms with Crippen molar-refractivity contribution < 1.29 is 13.7 Å². The van der Waals surface area contributed by atoms with Gasteiger partial charge in [-0.2, -0.15) is 0 Å². The average molecular weight is 320 g/mol. The van der Waals surface area contributed by atoms with Crippen LogP contribution in [-0.2, 0) is 26.6 Å². The highest BCUT2D eigenvalue weighted by atomic mass is 15.0. The smallest absolute Gasteiger partial charge is 0.187 e. The van der Waals surface area contributed by atoms with Gasteiger partial charge >= 0.3 is 0 Å². The van der Waals surface area contributed by atoms with Crippen LogP contribution in [0.15, 0.2) is 67.4 Å². The molecular weight excluding hydrogens is 294 g/mol. The van der Waals surface area contributed by atoms with Crippen LogP contribution in [0.3, 0.4) is 0 Å². The van der Waals surface area contributed by atoms with Gasteiger partial charge in [0.1, 0.15) is 7.05 Å². The Morgan fingerprint density at radius 3 is 2.38 bits per heavy atom. The summed E-state index contributed by atoms with van der Waals surface area (Å²) in [4.78, 5) is 0. The monoisotopic (exact) mass is 320 g/mol. The molecule has 122 valence electrons. The number of aryl methyl sites for hydroxylation is 4. The van der Waals surface area contributed by atoms with Crippen LogP contribution < -0.4 is 13.7 Å². The molecule has 0 amide bonds. The van der Waals surface area contributed by atoms with Crippen molar-refractivity contribution in [3.63, 3.8) is 0 Å². The van der Waals surface area contributed by atoms with Gasteiger partial charge in [0.25, 0.3) is 0 Å². The van der Waals surface area contributed by atoms with E-state index in [-0.39, 0.29) is 0 Å². The van der Waals surface area contributed by atoms with Gasteiger partial charge in [-0.1, -0.05) is 0 Å². The van der Waals surface area contributed by atoms with E-state index in [0.29, 0.717) is 0 Å². The zero-order valence-corrected chi connectivity index (χ0v) is 14.8. The summed E-state index contributed by atoms with van der Waals surface area (Å²) in [6, 6.07) is 13.0. The second-order valence-electron chi connectivity index (χ2n) is 6.48. The standard InChI is InChI=1S/C21H26N3/c1-18-8-13-23(14-9-18)15-10-20-6-4-12-24(16-20)17-21-7-5-11-22(3)19(21)2/h4-9,11-14,16H,10,15,17H2,1-3H3/q+3. The fourth-order valence-electron chi connectivity index (χ4n) is 2.87. The van der Waals surface area contributed by atoms with Crippen molar-refractivity contribution in [1.29, 1.82) is 0 Å². The highest BCUT2D eigenvalue weighted by Crippen LogP contribution is 2.03. The van der Waals surface area contributed by atoms with E-state index >= 15 is 0 Å². The molecule has 3 heteroatoms. The molecule has 0 aliphatic heterocycles. The lowest BCUT2D eigenvalue weighted by molar-refractivity contribution is -0.700. The number of rotatable bonds is 5. The molecule has 0 radical (unpaired) electrons. The molecule has 0 fully saturated rings. The predicted octanol–water partition coefficient (Wildman–Crippen LogP) is 1.99. The van der Waals surface area contributed by atoms with Gasteiger partial charge in [0, 0.05) is 43.2 Å². The molecule has 0 unspecified atom stereocenters. The van der Waals surface area contributed by atoms with E-state index in [9.17, 15) is 0 Å². The Hall–Kier alpha value is -2.55. The maximum Gasteiger partial charge on any atom is 0.187 e. The van der Waals surface area contributed by atoms with Gasteiger partial charge in [-0.25, -0.2) is 13.7 Å². The Bertz CT molecular complexity index is 823. The zero-order chi connectivity index (χ0) is 16.9. The molecular formula is C21H26N3+3. The summed E-state index contributed by atoms with van der Waals surface area (Å²) in [5.41, 5.74) is 5.33. The van der Waals surface area contributed by atoms with Crippen molar-refractivity contribution >= 4 is 0 Å². The normalized spacial score (nSPS) is 10.8. The Morgan fingerprint density at radius 1 is 0.833 bits per heavy atom. The first-order valence-corrected chi connectivity index (χ1v) is 8.49. The van der Waals surface area contributed by atoms with E-state index in [1.165, 1.54) is 22.4 Å². The molecule has 0 aliphatic carbocycles. The van der Waals surface area contributed by atoms with Crippen molar-refractivity contribution in [1.82, 2.24) is 0 Å². The topological polar surface area (TPSA) is 11.6 Å². The predicted molar refractivity (Wildman–Crippen MR) is 93.2 cm³/mol. The molecule has 0 saturated heterocycles. The molecule has 0 saturated carbocycles. The second-order valence-corrected chi connectivity index (χ2v) is 6.48. The Balaban J connectivity index is 1.69. The second kappa shape index (κ2) is 7.35. The number of hydrogen-bond acceptors (Lipinski definition) is 0. The molecule has 24 heavy (non-hydrogen) atoms. The van der Waals surface area contributed by atoms with Crippen molar-refractivity contribution in [3.05, 3.63) is 89.8 Å². The SMILES string of the molecule is Cc1cc[n+](CCc2ccc[n+](Cc3ccc[n+](C)c3C)c2)cc1. The Morgan fingerprint density at radius 2 is 1.58 bits per heavy atom. The van der Waals surface area contributed by atoms with Crippen LogP contribution in [0.1, 0.15) is 22.4 Å². The summed E-state index contributed by atoms with van der Waals surface area (Å²) in [6.45, 7) is 6.21. The van der Waals surface area contributed by atoms with Gasteiger partial charge in [-0.3, -0.25) is 0 Å². The van der Waals surface area contributed by atoms with Crippen LogP contribution in [-0.4, -0.2) is 0 Å².